The number of hydrogen-bond acceptors (Lipinski definition) is 2. The molecule has 0 fully saturated rings. The third kappa shape index (κ3) is 4.03. The summed E-state index contributed by atoms with van der Waals surface area (Å²) < 4.78 is 0. The first-order valence-corrected chi connectivity index (χ1v) is 7.93. The Morgan fingerprint density at radius 3 is 2.18 bits per heavy atom. The number of nitrogens with one attached hydrogen (secondary N) is 1. The lowest BCUT2D eigenvalue weighted by Gasteiger charge is -2.20. The first kappa shape index (κ1) is 16.4. The van der Waals surface area contributed by atoms with Crippen LogP contribution in [-0.2, 0) is 12.0 Å². The zero-order valence-corrected chi connectivity index (χ0v) is 14.3. The zero-order valence-electron chi connectivity index (χ0n) is 14.3. The molecule has 0 atom stereocenters. The summed E-state index contributed by atoms with van der Waals surface area (Å²) >= 11 is 0. The van der Waals surface area contributed by atoms with Crippen molar-refractivity contribution in [3.05, 3.63) is 59.2 Å². The highest BCUT2D eigenvalue weighted by atomic mass is 16.3. The molecular formula is C20H27NO. The number of phenolic OH excluding ortho intramolecular Hbond substituents is 1. The molecule has 0 unspecified atom stereocenters. The quantitative estimate of drug-likeness (QED) is 0.789. The molecule has 0 radical (unpaired) electrons. The van der Waals surface area contributed by atoms with Crippen molar-refractivity contribution >= 4 is 5.69 Å². The van der Waals surface area contributed by atoms with Gasteiger partial charge in [0.1, 0.15) is 5.75 Å². The Labute approximate surface area is 134 Å². The summed E-state index contributed by atoms with van der Waals surface area (Å²) in [4.78, 5) is 0. The maximum atomic E-state index is 10.1. The lowest BCUT2D eigenvalue weighted by molar-refractivity contribution is 0.467. The average Bonchev–Trinajstić information content (AvgIpc) is 2.45. The largest absolute Gasteiger partial charge is 0.508 e. The van der Waals surface area contributed by atoms with Crippen LogP contribution >= 0.6 is 0 Å². The van der Waals surface area contributed by atoms with E-state index in [-0.39, 0.29) is 5.41 Å². The first-order chi connectivity index (χ1) is 10.3. The second-order valence-electron chi connectivity index (χ2n) is 7.22. The summed E-state index contributed by atoms with van der Waals surface area (Å²) in [6.45, 7) is 11.6. The fourth-order valence-corrected chi connectivity index (χ4v) is 2.38. The summed E-state index contributed by atoms with van der Waals surface area (Å²) in [6.07, 6.45) is 0. The van der Waals surface area contributed by atoms with Crippen molar-refractivity contribution in [2.45, 2.75) is 52.5 Å². The van der Waals surface area contributed by atoms with Crippen molar-refractivity contribution in [3.8, 4) is 5.75 Å². The van der Waals surface area contributed by atoms with Crippen LogP contribution in [0.5, 0.6) is 5.75 Å². The van der Waals surface area contributed by atoms with E-state index >= 15 is 0 Å². The van der Waals surface area contributed by atoms with E-state index in [0.717, 1.165) is 11.3 Å². The molecule has 0 saturated heterocycles. The van der Waals surface area contributed by atoms with Crippen LogP contribution in [0.4, 0.5) is 5.69 Å². The molecule has 2 aromatic carbocycles. The number of phenols is 1. The third-order valence-corrected chi connectivity index (χ3v) is 4.01. The maximum Gasteiger partial charge on any atom is 0.120 e. The summed E-state index contributed by atoms with van der Waals surface area (Å²) in [7, 11) is 0. The molecule has 2 rings (SSSR count). The normalized spacial score (nSPS) is 11.7. The van der Waals surface area contributed by atoms with Crippen LogP contribution in [-0.4, -0.2) is 5.11 Å². The lowest BCUT2D eigenvalue weighted by Crippen LogP contribution is -2.12. The number of aromatic hydroxyl groups is 1. The summed E-state index contributed by atoms with van der Waals surface area (Å²) in [5.41, 5.74) is 4.66. The van der Waals surface area contributed by atoms with Gasteiger partial charge < -0.3 is 10.4 Å². The fraction of sp³-hybridized carbons (Fsp3) is 0.400. The molecule has 0 heterocycles. The molecule has 0 amide bonds. The number of hydrogen-bond donors (Lipinski definition) is 2. The molecule has 22 heavy (non-hydrogen) atoms. The Bertz CT molecular complexity index is 621. The molecule has 118 valence electrons. The predicted octanol–water partition coefficient (Wildman–Crippen LogP) is 5.43. The number of anilines is 1. The van der Waals surface area contributed by atoms with Gasteiger partial charge in [0.2, 0.25) is 0 Å². The van der Waals surface area contributed by atoms with Crippen LogP contribution in [0.25, 0.3) is 0 Å². The van der Waals surface area contributed by atoms with Gasteiger partial charge in [0.25, 0.3) is 0 Å². The Hall–Kier alpha value is -1.96. The van der Waals surface area contributed by atoms with Crippen LogP contribution in [0.3, 0.4) is 0 Å². The number of benzene rings is 2. The molecule has 2 heteroatoms. The Morgan fingerprint density at radius 1 is 1.00 bits per heavy atom. The zero-order chi connectivity index (χ0) is 16.3. The first-order valence-electron chi connectivity index (χ1n) is 7.93. The van der Waals surface area contributed by atoms with E-state index in [1.807, 2.05) is 6.07 Å². The van der Waals surface area contributed by atoms with E-state index < -0.39 is 0 Å². The monoisotopic (exact) mass is 297 g/mol. The van der Waals surface area contributed by atoms with E-state index in [1.54, 1.807) is 6.07 Å². The minimum absolute atomic E-state index is 0.0847. The van der Waals surface area contributed by atoms with E-state index in [9.17, 15) is 5.11 Å². The van der Waals surface area contributed by atoms with Crippen LogP contribution in [0.1, 0.15) is 57.2 Å². The van der Waals surface area contributed by atoms with Gasteiger partial charge >= 0.3 is 0 Å². The van der Waals surface area contributed by atoms with Crippen molar-refractivity contribution in [2.24, 2.45) is 0 Å². The Balaban J connectivity index is 2.11. The van der Waals surface area contributed by atoms with Gasteiger partial charge in [-0.05, 0) is 46.7 Å². The molecule has 2 N–H and O–H groups in total. The highest BCUT2D eigenvalue weighted by molar-refractivity contribution is 5.47. The van der Waals surface area contributed by atoms with Gasteiger partial charge in [-0.3, -0.25) is 0 Å². The Kier molecular flexibility index (Phi) is 4.80. The van der Waals surface area contributed by atoms with Crippen molar-refractivity contribution in [1.29, 1.82) is 0 Å². The van der Waals surface area contributed by atoms with Gasteiger partial charge in [-0.2, -0.15) is 0 Å². The molecule has 2 aromatic rings. The summed E-state index contributed by atoms with van der Waals surface area (Å²) in [5.74, 6) is 0.890. The molecular weight excluding hydrogens is 270 g/mol. The van der Waals surface area contributed by atoms with Crippen molar-refractivity contribution in [2.75, 3.05) is 5.32 Å². The van der Waals surface area contributed by atoms with Crippen molar-refractivity contribution < 1.29 is 5.11 Å². The smallest absolute Gasteiger partial charge is 0.120 e. The van der Waals surface area contributed by atoms with Gasteiger partial charge in [0, 0.05) is 17.8 Å². The standard InChI is InChI=1S/C20H27NO/c1-14(2)15-6-9-18(10-7-15)21-13-16-12-17(20(3,4)5)8-11-19(16)22/h6-12,14,21-22H,13H2,1-5H3. The SMILES string of the molecule is CC(C)c1ccc(NCc2cc(C(C)(C)C)ccc2O)cc1. The molecule has 0 aliphatic rings. The molecule has 0 aliphatic carbocycles. The second kappa shape index (κ2) is 6.43. The molecule has 2 nitrogen and oxygen atoms in total. The van der Waals surface area contributed by atoms with Crippen LogP contribution in [0.2, 0.25) is 0 Å². The summed E-state index contributed by atoms with van der Waals surface area (Å²) in [5, 5.41) is 13.4. The topological polar surface area (TPSA) is 32.3 Å². The highest BCUT2D eigenvalue weighted by Crippen LogP contribution is 2.28. The maximum absolute atomic E-state index is 10.1. The minimum atomic E-state index is 0.0847. The van der Waals surface area contributed by atoms with Gasteiger partial charge in [-0.15, -0.1) is 0 Å². The van der Waals surface area contributed by atoms with Crippen LogP contribution in [0.15, 0.2) is 42.5 Å². The van der Waals surface area contributed by atoms with Crippen molar-refractivity contribution in [3.63, 3.8) is 0 Å². The molecule has 0 spiro atoms. The van der Waals surface area contributed by atoms with Gasteiger partial charge in [-0.1, -0.05) is 52.8 Å². The minimum Gasteiger partial charge on any atom is -0.508 e. The number of rotatable bonds is 4. The average molecular weight is 297 g/mol. The van der Waals surface area contributed by atoms with E-state index in [4.69, 9.17) is 0 Å². The Morgan fingerprint density at radius 2 is 1.64 bits per heavy atom. The fourth-order valence-electron chi connectivity index (χ4n) is 2.38. The third-order valence-electron chi connectivity index (χ3n) is 4.01. The lowest BCUT2D eigenvalue weighted by atomic mass is 9.86. The van der Waals surface area contributed by atoms with Crippen LogP contribution in [0, 0.1) is 0 Å². The highest BCUT2D eigenvalue weighted by Gasteiger charge is 2.15. The summed E-state index contributed by atoms with van der Waals surface area (Å²) in [6, 6.07) is 14.4. The van der Waals surface area contributed by atoms with Gasteiger partial charge in [0.15, 0.2) is 0 Å². The molecule has 0 aliphatic heterocycles. The van der Waals surface area contributed by atoms with Crippen LogP contribution < -0.4 is 5.32 Å². The van der Waals surface area contributed by atoms with Gasteiger partial charge in [-0.25, -0.2) is 0 Å². The molecule has 0 saturated carbocycles. The molecule has 0 bridgehead atoms. The molecule has 0 aromatic heterocycles. The second-order valence-corrected chi connectivity index (χ2v) is 7.22. The van der Waals surface area contributed by atoms with E-state index in [0.29, 0.717) is 18.2 Å². The van der Waals surface area contributed by atoms with E-state index in [2.05, 4.69) is 70.3 Å². The predicted molar refractivity (Wildman–Crippen MR) is 94.7 cm³/mol. The van der Waals surface area contributed by atoms with Gasteiger partial charge in [0.05, 0.1) is 0 Å². The van der Waals surface area contributed by atoms with E-state index in [1.165, 1.54) is 11.1 Å². The van der Waals surface area contributed by atoms with Crippen molar-refractivity contribution in [1.82, 2.24) is 0 Å².